The van der Waals surface area contributed by atoms with Crippen LogP contribution in [-0.2, 0) is 24.3 Å². The molecule has 5 rings (SSSR count). The summed E-state index contributed by atoms with van der Waals surface area (Å²) >= 11 is 0. The maximum Gasteiger partial charge on any atom is 0.410 e. The zero-order valence-corrected chi connectivity index (χ0v) is 21.4. The van der Waals surface area contributed by atoms with Gasteiger partial charge in [0.2, 0.25) is 0 Å². The molecule has 3 aliphatic rings. The summed E-state index contributed by atoms with van der Waals surface area (Å²) in [5.41, 5.74) is 3.02. The number of aromatic nitrogens is 2. The fraction of sp³-hybridized carbons (Fsp3) is 0.556. The third-order valence-electron chi connectivity index (χ3n) is 7.52. The lowest BCUT2D eigenvalue weighted by atomic mass is 10.0. The Kier molecular flexibility index (Phi) is 8.02. The van der Waals surface area contributed by atoms with Gasteiger partial charge in [-0.25, -0.2) is 4.79 Å². The predicted molar refractivity (Wildman–Crippen MR) is 138 cm³/mol. The monoisotopic (exact) mass is 505 g/mol. The van der Waals surface area contributed by atoms with Crippen LogP contribution >= 0.6 is 0 Å². The fourth-order valence-corrected chi connectivity index (χ4v) is 5.37. The maximum atomic E-state index is 12.9. The van der Waals surface area contributed by atoms with Crippen molar-refractivity contribution in [2.24, 2.45) is 0 Å². The normalized spacial score (nSPS) is 21.8. The number of fused-ring (bicyclic) bond motifs is 1. The Morgan fingerprint density at radius 3 is 2.84 bits per heavy atom. The minimum Gasteiger partial charge on any atom is -0.462 e. The number of nitriles is 1. The molecule has 1 aromatic heterocycles. The van der Waals surface area contributed by atoms with Crippen LogP contribution in [-0.4, -0.2) is 84.3 Å². The number of rotatable bonds is 7. The van der Waals surface area contributed by atoms with E-state index in [1.165, 1.54) is 6.42 Å². The number of nitrogens with zero attached hydrogens (tertiary/aromatic N) is 6. The van der Waals surface area contributed by atoms with Crippen LogP contribution in [0.4, 0.5) is 10.6 Å². The molecule has 10 heteroatoms. The quantitative estimate of drug-likeness (QED) is 0.607. The molecule has 10 nitrogen and oxygen atoms in total. The van der Waals surface area contributed by atoms with Crippen LogP contribution in [0.2, 0.25) is 0 Å². The van der Waals surface area contributed by atoms with Crippen molar-refractivity contribution < 1.29 is 14.3 Å². The number of benzene rings is 1. The molecule has 0 radical (unpaired) electrons. The van der Waals surface area contributed by atoms with Crippen molar-refractivity contribution in [3.05, 3.63) is 47.2 Å². The van der Waals surface area contributed by atoms with E-state index in [1.54, 1.807) is 4.90 Å². The highest BCUT2D eigenvalue weighted by molar-refractivity contribution is 5.69. The Bertz CT molecular complexity index is 1120. The van der Waals surface area contributed by atoms with Gasteiger partial charge in [-0.05, 0) is 45.0 Å². The average molecular weight is 506 g/mol. The topological polar surface area (TPSA) is 107 Å². The minimum atomic E-state index is -0.387. The number of ether oxygens (including phenoxy) is 2. The highest BCUT2D eigenvalue weighted by Gasteiger charge is 2.34. The van der Waals surface area contributed by atoms with Gasteiger partial charge in [-0.3, -0.25) is 0 Å². The first-order valence-electron chi connectivity index (χ1n) is 13.1. The summed E-state index contributed by atoms with van der Waals surface area (Å²) in [7, 11) is 2.13. The summed E-state index contributed by atoms with van der Waals surface area (Å²) in [5, 5.41) is 12.9. The molecule has 2 fully saturated rings. The van der Waals surface area contributed by atoms with E-state index in [0.29, 0.717) is 44.8 Å². The number of likely N-dealkylation sites (N-methyl/N-ethyl adjacent to an activating group) is 1. The van der Waals surface area contributed by atoms with E-state index >= 15 is 0 Å². The van der Waals surface area contributed by atoms with Gasteiger partial charge in [0.25, 0.3) is 0 Å². The van der Waals surface area contributed by atoms with Crippen molar-refractivity contribution in [2.75, 3.05) is 51.3 Å². The van der Waals surface area contributed by atoms with Crippen molar-refractivity contribution in [3.63, 3.8) is 0 Å². The Hall–Kier alpha value is -3.42. The van der Waals surface area contributed by atoms with Crippen LogP contribution < -0.4 is 15.0 Å². The smallest absolute Gasteiger partial charge is 0.410 e. The molecule has 0 saturated carbocycles. The summed E-state index contributed by atoms with van der Waals surface area (Å²) in [6, 6.07) is 12.4. The first-order valence-corrected chi connectivity index (χ1v) is 13.1. The van der Waals surface area contributed by atoms with Gasteiger partial charge in [-0.2, -0.15) is 15.2 Å². The zero-order chi connectivity index (χ0) is 25.6. The number of hydrogen-bond donors (Lipinski definition) is 1. The Labute approximate surface area is 218 Å². The van der Waals surface area contributed by atoms with Gasteiger partial charge in [0.1, 0.15) is 19.0 Å². The number of carbonyl (C=O) groups is 1. The molecule has 0 bridgehead atoms. The van der Waals surface area contributed by atoms with Crippen molar-refractivity contribution in [1.82, 2.24) is 25.1 Å². The van der Waals surface area contributed by atoms with E-state index in [2.05, 4.69) is 28.2 Å². The van der Waals surface area contributed by atoms with Crippen LogP contribution in [0.3, 0.4) is 0 Å². The maximum absolute atomic E-state index is 12.9. The number of nitrogens with one attached hydrogen (secondary N) is 1. The van der Waals surface area contributed by atoms with Crippen LogP contribution in [0.25, 0.3) is 0 Å². The van der Waals surface area contributed by atoms with Crippen LogP contribution in [0, 0.1) is 11.3 Å². The molecule has 196 valence electrons. The molecule has 2 aromatic rings. The van der Waals surface area contributed by atoms with Crippen LogP contribution in [0.15, 0.2) is 30.3 Å². The number of piperazine rings is 1. The lowest BCUT2D eigenvalue weighted by molar-refractivity contribution is 0.0767. The van der Waals surface area contributed by atoms with E-state index in [0.717, 1.165) is 48.6 Å². The van der Waals surface area contributed by atoms with Gasteiger partial charge in [-0.15, -0.1) is 0 Å². The van der Waals surface area contributed by atoms with Gasteiger partial charge in [0.05, 0.1) is 24.2 Å². The van der Waals surface area contributed by atoms with Gasteiger partial charge in [0, 0.05) is 37.8 Å². The standard InChI is InChI=1S/C27H35N7O3/c1-32-13-5-8-22(32)19-36-26-30-24-16-29-12-10-23(24)25(31-26)33-14-15-34(21(17-33)9-11-28)27(35)37-18-20-6-3-2-4-7-20/h2-4,6-7,21-22,29H,5,8-10,12-19H2,1H3/t21?,22-/m0/s1. The number of likely N-dealkylation sites (tertiary alicyclic amines) is 1. The highest BCUT2D eigenvalue weighted by Crippen LogP contribution is 2.29. The lowest BCUT2D eigenvalue weighted by Gasteiger charge is -2.41. The van der Waals surface area contributed by atoms with Crippen molar-refractivity contribution >= 4 is 11.9 Å². The number of amides is 1. The lowest BCUT2D eigenvalue weighted by Crippen LogP contribution is -2.55. The predicted octanol–water partition coefficient (Wildman–Crippen LogP) is 2.34. The van der Waals surface area contributed by atoms with E-state index in [9.17, 15) is 10.1 Å². The summed E-state index contributed by atoms with van der Waals surface area (Å²) in [4.78, 5) is 28.7. The first-order chi connectivity index (χ1) is 18.1. The zero-order valence-electron chi connectivity index (χ0n) is 21.4. The molecule has 1 aromatic carbocycles. The van der Waals surface area contributed by atoms with E-state index in [-0.39, 0.29) is 25.2 Å². The number of carbonyl (C=O) groups excluding carboxylic acids is 1. The van der Waals surface area contributed by atoms with Gasteiger partial charge in [-0.1, -0.05) is 30.3 Å². The third kappa shape index (κ3) is 5.95. The second-order valence-electron chi connectivity index (χ2n) is 9.97. The molecule has 1 N–H and O–H groups in total. The summed E-state index contributed by atoms with van der Waals surface area (Å²) in [6.45, 7) is 4.98. The molecule has 1 unspecified atom stereocenters. The average Bonchev–Trinajstić information content (AvgIpc) is 3.35. The van der Waals surface area contributed by atoms with Gasteiger partial charge in [0.15, 0.2) is 0 Å². The molecule has 0 aliphatic carbocycles. The van der Waals surface area contributed by atoms with Gasteiger partial charge < -0.3 is 29.5 Å². The molecule has 1 amide bonds. The number of hydrogen-bond acceptors (Lipinski definition) is 9. The van der Waals surface area contributed by atoms with Crippen molar-refractivity contribution in [3.8, 4) is 12.1 Å². The summed E-state index contributed by atoms with van der Waals surface area (Å²) in [6.07, 6.45) is 2.97. The minimum absolute atomic E-state index is 0.211. The Morgan fingerprint density at radius 2 is 2.05 bits per heavy atom. The highest BCUT2D eigenvalue weighted by atomic mass is 16.6. The SMILES string of the molecule is CN1CCC[C@H]1COc1nc2c(c(N3CCN(C(=O)OCc4ccccc4)C(CC#N)C3)n1)CCNC2. The molecular weight excluding hydrogens is 470 g/mol. The molecule has 0 spiro atoms. The molecule has 2 atom stereocenters. The Balaban J connectivity index is 1.30. The molecule has 3 aliphatic heterocycles. The molecule has 2 saturated heterocycles. The second kappa shape index (κ2) is 11.8. The molecule has 37 heavy (non-hydrogen) atoms. The van der Waals surface area contributed by atoms with Crippen LogP contribution in [0.5, 0.6) is 6.01 Å². The van der Waals surface area contributed by atoms with Crippen molar-refractivity contribution in [2.45, 2.75) is 50.9 Å². The van der Waals surface area contributed by atoms with Crippen molar-refractivity contribution in [1.29, 1.82) is 5.26 Å². The molecular formula is C27H35N7O3. The summed E-state index contributed by atoms with van der Waals surface area (Å²) < 4.78 is 11.7. The molecule has 4 heterocycles. The van der Waals surface area contributed by atoms with E-state index in [4.69, 9.17) is 19.4 Å². The first kappa shape index (κ1) is 25.2. The van der Waals surface area contributed by atoms with E-state index in [1.807, 2.05) is 30.3 Å². The third-order valence-corrected chi connectivity index (χ3v) is 7.52. The largest absolute Gasteiger partial charge is 0.462 e. The van der Waals surface area contributed by atoms with E-state index < -0.39 is 0 Å². The fourth-order valence-electron chi connectivity index (χ4n) is 5.37. The van der Waals surface area contributed by atoms with Crippen LogP contribution in [0.1, 0.15) is 36.1 Å². The number of anilines is 1. The van der Waals surface area contributed by atoms with Gasteiger partial charge >= 0.3 is 12.1 Å². The Morgan fingerprint density at radius 1 is 1.19 bits per heavy atom. The summed E-state index contributed by atoms with van der Waals surface area (Å²) in [5.74, 6) is 0.863. The second-order valence-corrected chi connectivity index (χ2v) is 9.97.